The standard InChI is InChI=1S/C5H9F2I/c1-4(8)2-3-5(6)7/h4-5H,2-3H2,1H3/t4-/m0/s1. The second kappa shape index (κ2) is 4.47. The van der Waals surface area contributed by atoms with Gasteiger partial charge in [-0.15, -0.1) is 0 Å². The van der Waals surface area contributed by atoms with Crippen molar-refractivity contribution in [1.29, 1.82) is 0 Å². The number of alkyl halides is 3. The lowest BCUT2D eigenvalue weighted by Crippen LogP contribution is -1.95. The van der Waals surface area contributed by atoms with Crippen LogP contribution in [-0.4, -0.2) is 10.4 Å². The third-order valence-corrected chi connectivity index (χ3v) is 1.41. The van der Waals surface area contributed by atoms with Crippen molar-refractivity contribution in [2.75, 3.05) is 0 Å². The van der Waals surface area contributed by atoms with E-state index in [0.717, 1.165) is 0 Å². The van der Waals surface area contributed by atoms with Crippen LogP contribution >= 0.6 is 22.6 Å². The molecule has 0 aromatic rings. The highest BCUT2D eigenvalue weighted by molar-refractivity contribution is 14.1. The Morgan fingerprint density at radius 2 is 1.88 bits per heavy atom. The van der Waals surface area contributed by atoms with Crippen molar-refractivity contribution in [1.82, 2.24) is 0 Å². The molecular weight excluding hydrogens is 225 g/mol. The van der Waals surface area contributed by atoms with Gasteiger partial charge in [0.15, 0.2) is 0 Å². The van der Waals surface area contributed by atoms with Crippen LogP contribution in [0.3, 0.4) is 0 Å². The highest BCUT2D eigenvalue weighted by Crippen LogP contribution is 2.11. The second-order valence-corrected chi connectivity index (χ2v) is 3.88. The van der Waals surface area contributed by atoms with Crippen molar-refractivity contribution < 1.29 is 8.78 Å². The normalized spacial score (nSPS) is 14.6. The molecule has 0 unspecified atom stereocenters. The molecule has 50 valence electrons. The molecule has 0 amide bonds. The summed E-state index contributed by atoms with van der Waals surface area (Å²) < 4.78 is 23.2. The maximum Gasteiger partial charge on any atom is 0.238 e. The predicted molar refractivity (Wildman–Crippen MR) is 38.7 cm³/mol. The molecule has 0 radical (unpaired) electrons. The van der Waals surface area contributed by atoms with Crippen LogP contribution in [0, 0.1) is 0 Å². The van der Waals surface area contributed by atoms with Crippen molar-refractivity contribution in [3.05, 3.63) is 0 Å². The molecule has 0 nitrogen and oxygen atoms in total. The summed E-state index contributed by atoms with van der Waals surface area (Å²) in [5.74, 6) is 0. The van der Waals surface area contributed by atoms with E-state index in [4.69, 9.17) is 0 Å². The first kappa shape index (κ1) is 8.59. The second-order valence-electron chi connectivity index (χ2n) is 1.75. The fourth-order valence-corrected chi connectivity index (χ4v) is 0.715. The monoisotopic (exact) mass is 234 g/mol. The first-order chi connectivity index (χ1) is 3.63. The van der Waals surface area contributed by atoms with Crippen LogP contribution in [0.4, 0.5) is 8.78 Å². The van der Waals surface area contributed by atoms with Gasteiger partial charge >= 0.3 is 0 Å². The lowest BCUT2D eigenvalue weighted by molar-refractivity contribution is 0.135. The van der Waals surface area contributed by atoms with Crippen molar-refractivity contribution in [2.24, 2.45) is 0 Å². The van der Waals surface area contributed by atoms with Crippen LogP contribution in [0.25, 0.3) is 0 Å². The SMILES string of the molecule is C[C@H](I)CCC(F)F. The molecule has 0 aliphatic heterocycles. The van der Waals surface area contributed by atoms with Gasteiger partial charge in [0, 0.05) is 10.3 Å². The van der Waals surface area contributed by atoms with E-state index in [-0.39, 0.29) is 6.42 Å². The van der Waals surface area contributed by atoms with Gasteiger partial charge in [0.1, 0.15) is 0 Å². The van der Waals surface area contributed by atoms with Crippen molar-refractivity contribution in [2.45, 2.75) is 30.1 Å². The molecule has 0 aromatic heterocycles. The van der Waals surface area contributed by atoms with E-state index in [9.17, 15) is 8.78 Å². The van der Waals surface area contributed by atoms with Gasteiger partial charge in [-0.1, -0.05) is 29.5 Å². The van der Waals surface area contributed by atoms with Crippen LogP contribution in [0.5, 0.6) is 0 Å². The van der Waals surface area contributed by atoms with Crippen molar-refractivity contribution in [3.8, 4) is 0 Å². The lowest BCUT2D eigenvalue weighted by atomic mass is 10.3. The summed E-state index contributed by atoms with van der Waals surface area (Å²) in [6, 6.07) is 0. The number of hydrogen-bond acceptors (Lipinski definition) is 0. The van der Waals surface area contributed by atoms with E-state index in [0.29, 0.717) is 10.3 Å². The van der Waals surface area contributed by atoms with Crippen LogP contribution in [0.1, 0.15) is 19.8 Å². The first-order valence-electron chi connectivity index (χ1n) is 2.55. The van der Waals surface area contributed by atoms with Gasteiger partial charge in [0.05, 0.1) is 0 Å². The Balaban J connectivity index is 2.93. The lowest BCUT2D eigenvalue weighted by Gasteiger charge is -1.99. The van der Waals surface area contributed by atoms with Gasteiger partial charge in [0.2, 0.25) is 6.43 Å². The largest absolute Gasteiger partial charge is 0.238 e. The Labute approximate surface area is 61.8 Å². The Morgan fingerprint density at radius 1 is 1.38 bits per heavy atom. The molecule has 0 aliphatic rings. The summed E-state index contributed by atoms with van der Waals surface area (Å²) >= 11 is 2.14. The highest BCUT2D eigenvalue weighted by Gasteiger charge is 2.03. The fourth-order valence-electron chi connectivity index (χ4n) is 0.356. The van der Waals surface area contributed by atoms with Gasteiger partial charge in [-0.2, -0.15) is 0 Å². The van der Waals surface area contributed by atoms with Crippen LogP contribution in [-0.2, 0) is 0 Å². The maximum absolute atomic E-state index is 11.4. The summed E-state index contributed by atoms with van der Waals surface area (Å²) in [4.78, 5) is 0. The molecule has 0 saturated heterocycles. The highest BCUT2D eigenvalue weighted by atomic mass is 127. The molecule has 0 rings (SSSR count). The van der Waals surface area contributed by atoms with Crippen molar-refractivity contribution in [3.63, 3.8) is 0 Å². The first-order valence-corrected chi connectivity index (χ1v) is 3.79. The average Bonchev–Trinajstić information content (AvgIpc) is 1.61. The molecule has 0 fully saturated rings. The molecule has 3 heteroatoms. The molecule has 0 aliphatic carbocycles. The topological polar surface area (TPSA) is 0 Å². The third kappa shape index (κ3) is 6.59. The minimum Gasteiger partial charge on any atom is -0.211 e. The van der Waals surface area contributed by atoms with Crippen molar-refractivity contribution >= 4 is 22.6 Å². The Kier molecular flexibility index (Phi) is 4.80. The van der Waals surface area contributed by atoms with Crippen LogP contribution in [0.15, 0.2) is 0 Å². The zero-order chi connectivity index (χ0) is 6.57. The van der Waals surface area contributed by atoms with Gasteiger partial charge < -0.3 is 0 Å². The zero-order valence-corrected chi connectivity index (χ0v) is 6.86. The Morgan fingerprint density at radius 3 is 2.00 bits per heavy atom. The summed E-state index contributed by atoms with van der Waals surface area (Å²) in [6.07, 6.45) is -1.45. The average molecular weight is 234 g/mol. The molecule has 0 aromatic carbocycles. The van der Waals surface area contributed by atoms with Gasteiger partial charge in [0.25, 0.3) is 0 Å². The summed E-state index contributed by atoms with van der Waals surface area (Å²) in [6.45, 7) is 1.93. The zero-order valence-electron chi connectivity index (χ0n) is 4.70. The maximum atomic E-state index is 11.4. The number of halogens is 3. The van der Waals surface area contributed by atoms with E-state index < -0.39 is 6.43 Å². The third-order valence-electron chi connectivity index (χ3n) is 0.783. The minimum atomic E-state index is -2.12. The molecule has 0 bridgehead atoms. The Bertz CT molecular complexity index is 46.4. The fraction of sp³-hybridized carbons (Fsp3) is 1.00. The molecule has 0 saturated carbocycles. The van der Waals surface area contributed by atoms with E-state index in [1.165, 1.54) is 0 Å². The van der Waals surface area contributed by atoms with Gasteiger partial charge in [-0.25, -0.2) is 8.78 Å². The predicted octanol–water partition coefficient (Wildman–Crippen LogP) is 2.86. The quantitative estimate of drug-likeness (QED) is 0.520. The van der Waals surface area contributed by atoms with E-state index in [1.807, 2.05) is 6.92 Å². The summed E-state index contributed by atoms with van der Waals surface area (Å²) in [5.41, 5.74) is 0. The van der Waals surface area contributed by atoms with E-state index in [2.05, 4.69) is 22.6 Å². The summed E-state index contributed by atoms with van der Waals surface area (Å²) in [5, 5.41) is 0. The minimum absolute atomic E-state index is 0.0457. The molecule has 0 N–H and O–H groups in total. The Hall–Kier alpha value is 0.590. The van der Waals surface area contributed by atoms with Crippen LogP contribution in [0.2, 0.25) is 0 Å². The molecule has 1 atom stereocenters. The van der Waals surface area contributed by atoms with Crippen LogP contribution < -0.4 is 0 Å². The van der Waals surface area contributed by atoms with Gasteiger partial charge in [-0.05, 0) is 6.42 Å². The van der Waals surface area contributed by atoms with Gasteiger partial charge in [-0.3, -0.25) is 0 Å². The smallest absolute Gasteiger partial charge is 0.211 e. The molecule has 8 heavy (non-hydrogen) atoms. The summed E-state index contributed by atoms with van der Waals surface area (Å²) in [7, 11) is 0. The molecule has 0 spiro atoms. The number of rotatable bonds is 3. The molecular formula is C5H9F2I. The number of hydrogen-bond donors (Lipinski definition) is 0. The molecule has 0 heterocycles. The van der Waals surface area contributed by atoms with E-state index >= 15 is 0 Å². The van der Waals surface area contributed by atoms with E-state index in [1.54, 1.807) is 0 Å².